The summed E-state index contributed by atoms with van der Waals surface area (Å²) in [4.78, 5) is 35.8. The number of carbonyl (C=O) groups excluding carboxylic acids is 3. The van der Waals surface area contributed by atoms with Gasteiger partial charge < -0.3 is 18.9 Å². The zero-order valence-electron chi connectivity index (χ0n) is 19.5. The van der Waals surface area contributed by atoms with Gasteiger partial charge in [0, 0.05) is 12.5 Å². The fourth-order valence-corrected chi connectivity index (χ4v) is 2.68. The summed E-state index contributed by atoms with van der Waals surface area (Å²) in [5.41, 5.74) is 1.22. The van der Waals surface area contributed by atoms with Gasteiger partial charge in [0.2, 0.25) is 0 Å². The van der Waals surface area contributed by atoms with E-state index in [2.05, 4.69) is 5.32 Å². The van der Waals surface area contributed by atoms with Gasteiger partial charge in [0.25, 0.3) is 0 Å². The van der Waals surface area contributed by atoms with E-state index in [4.69, 9.17) is 18.9 Å². The molecule has 8 nitrogen and oxygen atoms in total. The Morgan fingerprint density at radius 1 is 1.00 bits per heavy atom. The molecule has 0 spiro atoms. The van der Waals surface area contributed by atoms with E-state index < -0.39 is 23.6 Å². The van der Waals surface area contributed by atoms with E-state index in [-0.39, 0.29) is 12.3 Å². The average molecular weight is 456 g/mol. The van der Waals surface area contributed by atoms with Crippen LogP contribution in [0.2, 0.25) is 0 Å². The second-order valence-corrected chi connectivity index (χ2v) is 8.09. The molecule has 0 aliphatic rings. The van der Waals surface area contributed by atoms with Gasteiger partial charge in [-0.05, 0) is 50.1 Å². The highest BCUT2D eigenvalue weighted by Crippen LogP contribution is 2.22. The molecule has 1 amide bonds. The molecule has 0 aliphatic heterocycles. The fourth-order valence-electron chi connectivity index (χ4n) is 2.68. The minimum Gasteiger partial charge on any atom is -0.489 e. The van der Waals surface area contributed by atoms with Crippen LogP contribution in [0.5, 0.6) is 5.75 Å². The molecule has 0 bridgehead atoms. The smallest absolute Gasteiger partial charge is 0.412 e. The maximum atomic E-state index is 12.3. The van der Waals surface area contributed by atoms with Crippen LogP contribution in [0.1, 0.15) is 44.4 Å². The summed E-state index contributed by atoms with van der Waals surface area (Å²) in [6.45, 7) is 6.73. The number of benzene rings is 2. The highest BCUT2D eigenvalue weighted by Gasteiger charge is 2.20. The number of carbonyl (C=O) groups is 3. The molecule has 0 radical (unpaired) electrons. The average Bonchev–Trinajstić information content (AvgIpc) is 2.75. The lowest BCUT2D eigenvalue weighted by molar-refractivity contribution is -0.142. The molecule has 1 N–H and O–H groups in total. The molecule has 0 aliphatic carbocycles. The molecular weight excluding hydrogens is 426 g/mol. The first-order valence-corrected chi connectivity index (χ1v) is 10.3. The molecule has 33 heavy (non-hydrogen) atoms. The Kier molecular flexibility index (Phi) is 9.03. The first-order valence-electron chi connectivity index (χ1n) is 10.3. The zero-order valence-corrected chi connectivity index (χ0v) is 19.5. The lowest BCUT2D eigenvalue weighted by Gasteiger charge is -2.20. The van der Waals surface area contributed by atoms with Gasteiger partial charge in [0.1, 0.15) is 30.3 Å². The van der Waals surface area contributed by atoms with Crippen molar-refractivity contribution in [3.8, 4) is 5.75 Å². The molecule has 176 valence electrons. The van der Waals surface area contributed by atoms with E-state index in [0.29, 0.717) is 23.5 Å². The second-order valence-electron chi connectivity index (χ2n) is 8.09. The third kappa shape index (κ3) is 9.06. The molecule has 0 atom stereocenters. The summed E-state index contributed by atoms with van der Waals surface area (Å²) in [7, 11) is 1.20. The molecule has 0 aromatic heterocycles. The molecular formula is C25H29NO7. The lowest BCUT2D eigenvalue weighted by Crippen LogP contribution is -2.34. The minimum atomic E-state index is -0.802. The van der Waals surface area contributed by atoms with Crippen molar-refractivity contribution in [1.82, 2.24) is 5.32 Å². The SMILES string of the molecule is COC(=O)/C(=C/c1ccc(OCc2ccccc2)cc1COC(C)=O)NC(=O)OC(C)(C)C. The van der Waals surface area contributed by atoms with Gasteiger partial charge in [0.15, 0.2) is 0 Å². The number of ether oxygens (including phenoxy) is 4. The maximum absolute atomic E-state index is 12.3. The third-order valence-corrected chi connectivity index (χ3v) is 4.13. The highest BCUT2D eigenvalue weighted by atomic mass is 16.6. The molecule has 0 saturated carbocycles. The monoisotopic (exact) mass is 455 g/mol. The first kappa shape index (κ1) is 25.5. The van der Waals surface area contributed by atoms with Gasteiger partial charge in [-0.2, -0.15) is 0 Å². The van der Waals surface area contributed by atoms with Crippen molar-refractivity contribution in [2.24, 2.45) is 0 Å². The molecule has 2 aromatic rings. The number of hydrogen-bond acceptors (Lipinski definition) is 7. The topological polar surface area (TPSA) is 100 Å². The number of amides is 1. The Hall–Kier alpha value is -3.81. The van der Waals surface area contributed by atoms with Crippen LogP contribution in [0.4, 0.5) is 4.79 Å². The van der Waals surface area contributed by atoms with Crippen LogP contribution in [-0.2, 0) is 37.0 Å². The summed E-state index contributed by atoms with van der Waals surface area (Å²) in [5.74, 6) is -0.665. The zero-order chi connectivity index (χ0) is 24.4. The Bertz CT molecular complexity index is 1010. The van der Waals surface area contributed by atoms with Crippen LogP contribution in [0.15, 0.2) is 54.2 Å². The number of rotatable bonds is 8. The summed E-state index contributed by atoms with van der Waals surface area (Å²) >= 11 is 0. The molecule has 0 heterocycles. The molecule has 2 rings (SSSR count). The van der Waals surface area contributed by atoms with Crippen LogP contribution in [-0.4, -0.2) is 30.7 Å². The van der Waals surface area contributed by atoms with Crippen LogP contribution < -0.4 is 10.1 Å². The van der Waals surface area contributed by atoms with Crippen LogP contribution in [0.3, 0.4) is 0 Å². The van der Waals surface area contributed by atoms with Gasteiger partial charge in [-0.3, -0.25) is 10.1 Å². The Balaban J connectivity index is 2.32. The van der Waals surface area contributed by atoms with Crippen LogP contribution in [0, 0.1) is 0 Å². The van der Waals surface area contributed by atoms with E-state index >= 15 is 0 Å². The largest absolute Gasteiger partial charge is 0.489 e. The normalized spacial score (nSPS) is 11.4. The van der Waals surface area contributed by atoms with Gasteiger partial charge in [-0.1, -0.05) is 36.4 Å². The van der Waals surface area contributed by atoms with Crippen LogP contribution in [0.25, 0.3) is 6.08 Å². The molecule has 0 unspecified atom stereocenters. The predicted octanol–water partition coefficient (Wildman–Crippen LogP) is 4.37. The molecule has 8 heteroatoms. The van der Waals surface area contributed by atoms with Gasteiger partial charge in [-0.15, -0.1) is 0 Å². The summed E-state index contributed by atoms with van der Waals surface area (Å²) in [5, 5.41) is 2.41. The third-order valence-electron chi connectivity index (χ3n) is 4.13. The number of esters is 2. The Morgan fingerprint density at radius 2 is 1.70 bits per heavy atom. The summed E-state index contributed by atoms with van der Waals surface area (Å²) in [6.07, 6.45) is 0.624. The van der Waals surface area contributed by atoms with Crippen molar-refractivity contribution in [1.29, 1.82) is 0 Å². The number of nitrogens with one attached hydrogen (secondary N) is 1. The van der Waals surface area contributed by atoms with E-state index in [1.54, 1.807) is 39.0 Å². The molecule has 2 aromatic carbocycles. The fraction of sp³-hybridized carbons (Fsp3) is 0.320. The summed E-state index contributed by atoms with van der Waals surface area (Å²) in [6, 6.07) is 14.8. The number of methoxy groups -OCH3 is 1. The lowest BCUT2D eigenvalue weighted by atomic mass is 10.1. The standard InChI is InChI=1S/C25H29NO7/c1-17(27)31-16-20-13-21(32-15-18-9-7-6-8-10-18)12-11-19(20)14-22(23(28)30-5)26-24(29)33-25(2,3)4/h6-14H,15-16H2,1-5H3,(H,26,29)/b22-14-. The molecule has 0 saturated heterocycles. The second kappa shape index (κ2) is 11.7. The van der Waals surface area contributed by atoms with Crippen molar-refractivity contribution < 1.29 is 33.3 Å². The van der Waals surface area contributed by atoms with Crippen LogP contribution >= 0.6 is 0 Å². The summed E-state index contributed by atoms with van der Waals surface area (Å²) < 4.78 is 21.0. The van der Waals surface area contributed by atoms with Crippen molar-refractivity contribution in [3.63, 3.8) is 0 Å². The van der Waals surface area contributed by atoms with Gasteiger partial charge in [0.05, 0.1) is 7.11 Å². The molecule has 0 fully saturated rings. The quantitative estimate of drug-likeness (QED) is 0.358. The Morgan fingerprint density at radius 3 is 2.30 bits per heavy atom. The van der Waals surface area contributed by atoms with Crippen molar-refractivity contribution in [2.75, 3.05) is 7.11 Å². The highest BCUT2D eigenvalue weighted by molar-refractivity contribution is 5.97. The van der Waals surface area contributed by atoms with Crippen molar-refractivity contribution in [3.05, 3.63) is 70.9 Å². The van der Waals surface area contributed by atoms with E-state index in [0.717, 1.165) is 5.56 Å². The van der Waals surface area contributed by atoms with E-state index in [9.17, 15) is 14.4 Å². The predicted molar refractivity (Wildman–Crippen MR) is 122 cm³/mol. The van der Waals surface area contributed by atoms with Gasteiger partial charge in [-0.25, -0.2) is 9.59 Å². The van der Waals surface area contributed by atoms with E-state index in [1.807, 2.05) is 30.3 Å². The Labute approximate surface area is 193 Å². The van der Waals surface area contributed by atoms with E-state index in [1.165, 1.54) is 20.1 Å². The van der Waals surface area contributed by atoms with Gasteiger partial charge >= 0.3 is 18.0 Å². The minimum absolute atomic E-state index is 0.0510. The van der Waals surface area contributed by atoms with Crippen molar-refractivity contribution in [2.45, 2.75) is 46.5 Å². The first-order chi connectivity index (χ1) is 15.6. The number of hydrogen-bond donors (Lipinski definition) is 1. The number of alkyl carbamates (subject to hydrolysis) is 1. The maximum Gasteiger partial charge on any atom is 0.412 e. The van der Waals surface area contributed by atoms with Crippen molar-refractivity contribution >= 4 is 24.1 Å².